The van der Waals surface area contributed by atoms with E-state index < -0.39 is 5.97 Å². The maximum atomic E-state index is 10.9. The number of carbonyl (C=O) groups is 1. The smallest absolute Gasteiger partial charge is 0.317 e. The van der Waals surface area contributed by atoms with E-state index in [1.54, 1.807) is 0 Å². The number of unbranched alkanes of at least 4 members (excludes halogenated alkanes) is 9. The Balaban J connectivity index is 3.51. The van der Waals surface area contributed by atoms with Gasteiger partial charge < -0.3 is 5.11 Å². The predicted molar refractivity (Wildman–Crippen MR) is 90.8 cm³/mol. The van der Waals surface area contributed by atoms with Gasteiger partial charge in [0.1, 0.15) is 0 Å². The average molecular weight is 299 g/mol. The molecule has 0 aromatic heterocycles. The summed E-state index contributed by atoms with van der Waals surface area (Å²) in [5.74, 6) is -0.706. The quantitative estimate of drug-likeness (QED) is 0.428. The molecule has 0 saturated heterocycles. The first-order chi connectivity index (χ1) is 10.1. The van der Waals surface area contributed by atoms with E-state index in [0.29, 0.717) is 6.04 Å². The van der Waals surface area contributed by atoms with Gasteiger partial charge in [-0.25, -0.2) is 0 Å². The Hall–Kier alpha value is -0.570. The lowest BCUT2D eigenvalue weighted by atomic mass is 10.1. The fourth-order valence-electron chi connectivity index (χ4n) is 2.69. The van der Waals surface area contributed by atoms with Crippen LogP contribution in [0.2, 0.25) is 0 Å². The van der Waals surface area contributed by atoms with Crippen LogP contribution in [0.4, 0.5) is 0 Å². The molecule has 0 spiro atoms. The number of rotatable bonds is 15. The van der Waals surface area contributed by atoms with E-state index in [1.807, 2.05) is 0 Å². The zero-order valence-electron chi connectivity index (χ0n) is 14.6. The summed E-state index contributed by atoms with van der Waals surface area (Å²) in [5.41, 5.74) is 0. The maximum absolute atomic E-state index is 10.9. The van der Waals surface area contributed by atoms with Crippen LogP contribution in [0.1, 0.15) is 91.4 Å². The third-order valence-corrected chi connectivity index (χ3v) is 4.35. The average Bonchev–Trinajstić information content (AvgIpc) is 2.46. The van der Waals surface area contributed by atoms with E-state index >= 15 is 0 Å². The van der Waals surface area contributed by atoms with Crippen LogP contribution in [0.15, 0.2) is 0 Å². The fraction of sp³-hybridized carbons (Fsp3) is 0.944. The summed E-state index contributed by atoms with van der Waals surface area (Å²) < 4.78 is 0. The Morgan fingerprint density at radius 2 is 1.38 bits per heavy atom. The summed E-state index contributed by atoms with van der Waals surface area (Å²) >= 11 is 0. The van der Waals surface area contributed by atoms with Gasteiger partial charge in [-0.05, 0) is 26.3 Å². The standard InChI is InChI=1S/C18H37NO2/c1-4-6-7-8-9-10-11-12-13-14-15-19(16-18(20)21)17(3)5-2/h17H,4-16H2,1-3H3,(H,20,21). The highest BCUT2D eigenvalue weighted by atomic mass is 16.4. The van der Waals surface area contributed by atoms with Crippen molar-refractivity contribution in [1.82, 2.24) is 4.90 Å². The van der Waals surface area contributed by atoms with Gasteiger partial charge in [-0.2, -0.15) is 0 Å². The van der Waals surface area contributed by atoms with Gasteiger partial charge in [0.2, 0.25) is 0 Å². The van der Waals surface area contributed by atoms with Gasteiger partial charge in [-0.1, -0.05) is 71.6 Å². The van der Waals surface area contributed by atoms with Gasteiger partial charge in [-0.3, -0.25) is 9.69 Å². The summed E-state index contributed by atoms with van der Waals surface area (Å²) in [6.45, 7) is 7.62. The Morgan fingerprint density at radius 1 is 0.905 bits per heavy atom. The third-order valence-electron chi connectivity index (χ3n) is 4.35. The first kappa shape index (κ1) is 20.4. The molecule has 1 unspecified atom stereocenters. The minimum atomic E-state index is -0.706. The van der Waals surface area contributed by atoms with E-state index in [-0.39, 0.29) is 6.54 Å². The fourth-order valence-corrected chi connectivity index (χ4v) is 2.69. The van der Waals surface area contributed by atoms with Crippen LogP contribution in [0.5, 0.6) is 0 Å². The van der Waals surface area contributed by atoms with Gasteiger partial charge in [0.05, 0.1) is 6.54 Å². The van der Waals surface area contributed by atoms with Crippen LogP contribution in [-0.2, 0) is 4.79 Å². The normalized spacial score (nSPS) is 12.8. The van der Waals surface area contributed by atoms with Crippen molar-refractivity contribution in [2.45, 2.75) is 97.4 Å². The van der Waals surface area contributed by atoms with Gasteiger partial charge in [0.15, 0.2) is 0 Å². The lowest BCUT2D eigenvalue weighted by molar-refractivity contribution is -0.138. The molecule has 3 nitrogen and oxygen atoms in total. The summed E-state index contributed by atoms with van der Waals surface area (Å²) in [4.78, 5) is 13.0. The van der Waals surface area contributed by atoms with Gasteiger partial charge in [-0.15, -0.1) is 0 Å². The molecule has 0 fully saturated rings. The third kappa shape index (κ3) is 12.9. The minimum absolute atomic E-state index is 0.187. The van der Waals surface area contributed by atoms with Crippen molar-refractivity contribution in [2.24, 2.45) is 0 Å². The molecule has 0 saturated carbocycles. The lowest BCUT2D eigenvalue weighted by Crippen LogP contribution is -2.37. The Bertz CT molecular complexity index is 243. The van der Waals surface area contributed by atoms with E-state index in [1.165, 1.54) is 57.8 Å². The molecule has 0 aromatic carbocycles. The molecular weight excluding hydrogens is 262 g/mol. The molecule has 0 amide bonds. The van der Waals surface area contributed by atoms with Gasteiger partial charge >= 0.3 is 5.97 Å². The first-order valence-electron chi connectivity index (χ1n) is 9.07. The molecule has 3 heteroatoms. The Kier molecular flexibility index (Phi) is 14.0. The molecule has 0 aromatic rings. The second-order valence-electron chi connectivity index (χ2n) is 6.30. The molecule has 0 aliphatic heterocycles. The summed E-state index contributed by atoms with van der Waals surface area (Å²) in [7, 11) is 0. The van der Waals surface area contributed by atoms with Crippen molar-refractivity contribution in [3.8, 4) is 0 Å². The van der Waals surface area contributed by atoms with Crippen LogP contribution >= 0.6 is 0 Å². The van der Waals surface area contributed by atoms with E-state index in [2.05, 4.69) is 25.7 Å². The second-order valence-corrected chi connectivity index (χ2v) is 6.30. The SMILES string of the molecule is CCCCCCCCCCCCN(CC(=O)O)C(C)CC. The zero-order chi connectivity index (χ0) is 15.9. The second kappa shape index (κ2) is 14.4. The van der Waals surface area contributed by atoms with Crippen molar-refractivity contribution in [2.75, 3.05) is 13.1 Å². The number of carboxylic acid groups (broad SMARTS) is 1. The van der Waals surface area contributed by atoms with Gasteiger partial charge in [0, 0.05) is 6.04 Å². The molecule has 0 rings (SSSR count). The number of aliphatic carboxylic acids is 1. The van der Waals surface area contributed by atoms with Crippen LogP contribution in [0, 0.1) is 0 Å². The number of hydrogen-bond donors (Lipinski definition) is 1. The monoisotopic (exact) mass is 299 g/mol. The molecule has 0 heterocycles. The maximum Gasteiger partial charge on any atom is 0.317 e. The Morgan fingerprint density at radius 3 is 1.81 bits per heavy atom. The van der Waals surface area contributed by atoms with E-state index in [0.717, 1.165) is 19.4 Å². The highest BCUT2D eigenvalue weighted by Gasteiger charge is 2.14. The van der Waals surface area contributed by atoms with Crippen molar-refractivity contribution < 1.29 is 9.90 Å². The van der Waals surface area contributed by atoms with Crippen molar-refractivity contribution >= 4 is 5.97 Å². The van der Waals surface area contributed by atoms with Crippen LogP contribution < -0.4 is 0 Å². The van der Waals surface area contributed by atoms with E-state index in [9.17, 15) is 4.79 Å². The molecule has 126 valence electrons. The zero-order valence-corrected chi connectivity index (χ0v) is 14.6. The predicted octanol–water partition coefficient (Wildman–Crippen LogP) is 5.09. The molecule has 0 aliphatic rings. The van der Waals surface area contributed by atoms with Crippen molar-refractivity contribution in [3.63, 3.8) is 0 Å². The largest absolute Gasteiger partial charge is 0.480 e. The number of hydrogen-bond acceptors (Lipinski definition) is 2. The summed E-state index contributed by atoms with van der Waals surface area (Å²) in [6.07, 6.45) is 14.3. The molecule has 0 radical (unpaired) electrons. The van der Waals surface area contributed by atoms with Crippen molar-refractivity contribution in [3.05, 3.63) is 0 Å². The van der Waals surface area contributed by atoms with Crippen LogP contribution in [-0.4, -0.2) is 35.1 Å². The van der Waals surface area contributed by atoms with Gasteiger partial charge in [0.25, 0.3) is 0 Å². The molecule has 1 atom stereocenters. The topological polar surface area (TPSA) is 40.5 Å². The number of carboxylic acids is 1. The van der Waals surface area contributed by atoms with Crippen LogP contribution in [0.25, 0.3) is 0 Å². The highest BCUT2D eigenvalue weighted by molar-refractivity contribution is 5.69. The minimum Gasteiger partial charge on any atom is -0.480 e. The molecule has 0 aliphatic carbocycles. The molecule has 1 N–H and O–H groups in total. The molecule has 0 bridgehead atoms. The first-order valence-corrected chi connectivity index (χ1v) is 9.07. The van der Waals surface area contributed by atoms with Crippen molar-refractivity contribution in [1.29, 1.82) is 0 Å². The molecular formula is C18H37NO2. The van der Waals surface area contributed by atoms with E-state index in [4.69, 9.17) is 5.11 Å². The summed E-state index contributed by atoms with van der Waals surface area (Å²) in [5, 5.41) is 8.95. The molecule has 21 heavy (non-hydrogen) atoms. The number of nitrogens with zero attached hydrogens (tertiary/aromatic N) is 1. The Labute approximate surface area is 132 Å². The lowest BCUT2D eigenvalue weighted by Gasteiger charge is -2.26. The summed E-state index contributed by atoms with van der Waals surface area (Å²) in [6, 6.07) is 0.375. The van der Waals surface area contributed by atoms with Crippen LogP contribution in [0.3, 0.4) is 0 Å². The highest BCUT2D eigenvalue weighted by Crippen LogP contribution is 2.12.